The van der Waals surface area contributed by atoms with Crippen molar-refractivity contribution in [3.63, 3.8) is 0 Å². The fourth-order valence-corrected chi connectivity index (χ4v) is 15.1. The molecule has 23 nitrogen and oxygen atoms in total. The van der Waals surface area contributed by atoms with Gasteiger partial charge in [0.2, 0.25) is 0 Å². The Hall–Kier alpha value is -6.58. The highest BCUT2D eigenvalue weighted by Crippen LogP contribution is 2.64. The molecule has 0 bridgehead atoms. The number of nitriles is 1. The Labute approximate surface area is 484 Å². The molecule has 2 aromatic heterocycles. The molecule has 6 aromatic rings. The SMILES string of the molecule is COc1ccc(C(OC[C@H]2O[C@@H](n3cc(C)c(=O)[nH]c3=O)C[C@@H]2OP(=O)(OC[C@H]2O[C@@H](n3cc(C)c(=O)[nH]c3=O)C[C@@H]2OP(OCCC#N)N(C(C)C)C(C)C)SCc2ccccc2[N+](=O)[O-])(c2ccccc2)c2ccc(OC)cc2)cc1. The summed E-state index contributed by atoms with van der Waals surface area (Å²) in [6.07, 6.45) is -4.01. The van der Waals surface area contributed by atoms with E-state index in [1.165, 1.54) is 53.6 Å². The van der Waals surface area contributed by atoms with Gasteiger partial charge in [0.25, 0.3) is 25.3 Å². The minimum Gasteiger partial charge on any atom is -0.497 e. The smallest absolute Gasteiger partial charge is 0.389 e. The Morgan fingerprint density at radius 2 is 1.28 bits per heavy atom. The molecule has 2 aliphatic rings. The van der Waals surface area contributed by atoms with E-state index < -0.39 is 91.8 Å². The summed E-state index contributed by atoms with van der Waals surface area (Å²) < 4.78 is 78.6. The molecule has 0 spiro atoms. The zero-order valence-corrected chi connectivity index (χ0v) is 49.7. The minimum atomic E-state index is -4.66. The summed E-state index contributed by atoms with van der Waals surface area (Å²) in [6, 6.07) is 32.0. The molecule has 26 heteroatoms. The van der Waals surface area contributed by atoms with Crippen LogP contribution in [0.25, 0.3) is 0 Å². The molecule has 2 aliphatic heterocycles. The van der Waals surface area contributed by atoms with Gasteiger partial charge in [0.05, 0.1) is 57.6 Å². The molecule has 2 saturated heterocycles. The molecule has 4 aromatic carbocycles. The summed E-state index contributed by atoms with van der Waals surface area (Å²) in [5.74, 6) is 0.921. The second-order valence-electron chi connectivity index (χ2n) is 20.2. The van der Waals surface area contributed by atoms with Crippen LogP contribution in [0.1, 0.15) is 92.8 Å². The van der Waals surface area contributed by atoms with Crippen molar-refractivity contribution in [3.8, 4) is 17.6 Å². The van der Waals surface area contributed by atoms with Gasteiger partial charge >= 0.3 is 18.2 Å². The fraction of sp³-hybridized carbons (Fsp3) is 0.421. The van der Waals surface area contributed by atoms with Crippen LogP contribution >= 0.6 is 26.7 Å². The molecule has 4 heterocycles. The summed E-state index contributed by atoms with van der Waals surface area (Å²) in [4.78, 5) is 68.8. The molecular formula is C57H67N7O16P2S. The largest absolute Gasteiger partial charge is 0.497 e. The number of ether oxygens (including phenoxy) is 5. The standard InChI is InChI=1S/C57H67N7O16P2S/c1-36(2)63(37(3)4)81(75-28-14-27-58)79-47-29-51(61-31-38(5)53(65)59-55(61)67)78-50(47)34-76-82(71,83-35-40-15-12-13-18-46(40)64(69)70)80-48-30-52(62-32-39(6)54(66)60-56(62)68)77-49(48)33-74-57(41-16-10-9-11-17-41,42-19-23-44(72-7)24-20-42)43-21-25-45(73-8)26-22-43/h9-13,15-26,31-32,36-37,47-52H,14,28-30,33-35H2,1-8H3,(H,59,65,67)(H,60,66,68)/t47-,48-,49+,50+,51+,52+,81?,82?/m0/s1. The van der Waals surface area contributed by atoms with Crippen molar-refractivity contribution in [2.24, 2.45) is 0 Å². The Morgan fingerprint density at radius 3 is 1.80 bits per heavy atom. The van der Waals surface area contributed by atoms with E-state index >= 15 is 4.57 Å². The van der Waals surface area contributed by atoms with Crippen molar-refractivity contribution < 1.29 is 51.3 Å². The first-order chi connectivity index (χ1) is 39.8. The number of aromatic amines is 2. The number of nitrogens with zero attached hydrogens (tertiary/aromatic N) is 5. The van der Waals surface area contributed by atoms with Crippen LogP contribution in [0.3, 0.4) is 0 Å². The van der Waals surface area contributed by atoms with Crippen LogP contribution < -0.4 is 32.0 Å². The highest BCUT2D eigenvalue weighted by molar-refractivity contribution is 8.54. The maximum absolute atomic E-state index is 16.1. The number of benzene rings is 4. The van der Waals surface area contributed by atoms with E-state index in [1.807, 2.05) is 87.0 Å². The third kappa shape index (κ3) is 14.7. The van der Waals surface area contributed by atoms with Gasteiger partial charge in [-0.15, -0.1) is 0 Å². The number of aryl methyl sites for hydroxylation is 2. The van der Waals surface area contributed by atoms with E-state index in [4.69, 9.17) is 41.8 Å². The van der Waals surface area contributed by atoms with Gasteiger partial charge in [-0.05, 0) is 93.9 Å². The van der Waals surface area contributed by atoms with Gasteiger partial charge in [-0.3, -0.25) is 47.9 Å². The van der Waals surface area contributed by atoms with Gasteiger partial charge in [-0.1, -0.05) is 72.8 Å². The second-order valence-corrected chi connectivity index (χ2v) is 25.7. The number of para-hydroxylation sites is 1. The monoisotopic (exact) mass is 1200 g/mol. The van der Waals surface area contributed by atoms with Crippen LogP contribution in [0, 0.1) is 35.3 Å². The van der Waals surface area contributed by atoms with E-state index in [-0.39, 0.29) is 72.7 Å². The highest BCUT2D eigenvalue weighted by Gasteiger charge is 2.48. The van der Waals surface area contributed by atoms with E-state index in [9.17, 15) is 34.6 Å². The average Bonchev–Trinajstić information content (AvgIpc) is 3.08. The average molecular weight is 1200 g/mol. The number of nitro benzene ring substituents is 1. The van der Waals surface area contributed by atoms with Crippen molar-refractivity contribution in [1.82, 2.24) is 23.8 Å². The molecule has 0 radical (unpaired) electrons. The first-order valence-electron chi connectivity index (χ1n) is 26.8. The topological polar surface area (TPSA) is 280 Å². The molecule has 2 N–H and O–H groups in total. The number of hydrogen-bond acceptors (Lipinski definition) is 19. The van der Waals surface area contributed by atoms with Crippen molar-refractivity contribution in [2.45, 2.75) is 121 Å². The minimum absolute atomic E-state index is 0.00878. The number of aromatic nitrogens is 4. The van der Waals surface area contributed by atoms with Crippen LogP contribution in [0.4, 0.5) is 5.69 Å². The fourth-order valence-electron chi connectivity index (χ4n) is 9.94. The van der Waals surface area contributed by atoms with Gasteiger partial charge in [-0.2, -0.15) is 5.26 Å². The van der Waals surface area contributed by atoms with Gasteiger partial charge < -0.3 is 32.7 Å². The molecule has 8 rings (SSSR count). The molecule has 0 saturated carbocycles. The lowest BCUT2D eigenvalue weighted by Gasteiger charge is -2.37. The number of methoxy groups -OCH3 is 2. The highest BCUT2D eigenvalue weighted by atomic mass is 32.7. The molecule has 442 valence electrons. The number of nitro groups is 1. The normalized spacial score (nSPS) is 20.1. The van der Waals surface area contributed by atoms with Crippen molar-refractivity contribution in [3.05, 3.63) is 201 Å². The van der Waals surface area contributed by atoms with Crippen LogP contribution in [0.5, 0.6) is 11.5 Å². The summed E-state index contributed by atoms with van der Waals surface area (Å²) in [5, 5.41) is 21.8. The lowest BCUT2D eigenvalue weighted by molar-refractivity contribution is -0.385. The predicted octanol–water partition coefficient (Wildman–Crippen LogP) is 9.32. The predicted molar refractivity (Wildman–Crippen MR) is 310 cm³/mol. The van der Waals surface area contributed by atoms with Gasteiger partial charge in [0, 0.05) is 65.8 Å². The van der Waals surface area contributed by atoms with E-state index in [0.29, 0.717) is 39.6 Å². The summed E-state index contributed by atoms with van der Waals surface area (Å²) in [7, 11) is 1.20. The lowest BCUT2D eigenvalue weighted by atomic mass is 9.80. The van der Waals surface area contributed by atoms with Crippen LogP contribution in [0.2, 0.25) is 0 Å². The number of H-pyrrole nitrogens is 2. The molecule has 0 amide bonds. The Kier molecular flexibility index (Phi) is 21.0. The van der Waals surface area contributed by atoms with E-state index in [2.05, 4.69) is 16.0 Å². The zero-order valence-electron chi connectivity index (χ0n) is 47.1. The van der Waals surface area contributed by atoms with Crippen molar-refractivity contribution in [1.29, 1.82) is 5.26 Å². The van der Waals surface area contributed by atoms with Crippen LogP contribution in [-0.4, -0.2) is 99.2 Å². The molecule has 83 heavy (non-hydrogen) atoms. The van der Waals surface area contributed by atoms with Gasteiger partial charge in [0.1, 0.15) is 47.9 Å². The second kappa shape index (κ2) is 27.9. The Morgan fingerprint density at radius 1 is 0.771 bits per heavy atom. The van der Waals surface area contributed by atoms with Crippen molar-refractivity contribution in [2.75, 3.05) is 34.0 Å². The van der Waals surface area contributed by atoms with E-state index in [0.717, 1.165) is 0 Å². The van der Waals surface area contributed by atoms with Gasteiger partial charge in [0.15, 0.2) is 0 Å². The number of nitrogens with one attached hydrogen (secondary N) is 2. The maximum Gasteiger partial charge on any atom is 0.389 e. The molecular weight excluding hydrogens is 1130 g/mol. The van der Waals surface area contributed by atoms with Crippen LogP contribution in [-0.2, 0) is 48.2 Å². The Bertz CT molecular complexity index is 3470. The summed E-state index contributed by atoms with van der Waals surface area (Å²) >= 11 is 0.671. The van der Waals surface area contributed by atoms with E-state index in [1.54, 1.807) is 44.6 Å². The van der Waals surface area contributed by atoms with Crippen LogP contribution in [0.15, 0.2) is 135 Å². The molecule has 2 unspecified atom stereocenters. The third-order valence-electron chi connectivity index (χ3n) is 14.0. The number of hydrogen-bond donors (Lipinski definition) is 2. The first-order valence-corrected chi connectivity index (χ1v) is 31.0. The molecule has 8 atom stereocenters. The van der Waals surface area contributed by atoms with Crippen molar-refractivity contribution >= 4 is 32.4 Å². The Balaban J connectivity index is 1.21. The third-order valence-corrected chi connectivity index (χ3v) is 19.8. The van der Waals surface area contributed by atoms with Gasteiger partial charge in [-0.25, -0.2) is 18.8 Å². The lowest BCUT2D eigenvalue weighted by Crippen LogP contribution is -2.38. The molecule has 2 fully saturated rings. The molecule has 0 aliphatic carbocycles. The summed E-state index contributed by atoms with van der Waals surface area (Å²) in [5.41, 5.74) is -1.67. The quantitative estimate of drug-likeness (QED) is 0.0160. The zero-order chi connectivity index (χ0) is 59.6. The number of rotatable bonds is 27. The summed E-state index contributed by atoms with van der Waals surface area (Å²) in [6.45, 7) is 5.49. The first kappa shape index (κ1) is 62.5. The maximum atomic E-state index is 16.1.